The fourth-order valence-corrected chi connectivity index (χ4v) is 5.92. The van der Waals surface area contributed by atoms with Crippen molar-refractivity contribution in [3.8, 4) is 0 Å². The van der Waals surface area contributed by atoms with Crippen LogP contribution in [0.4, 0.5) is 10.1 Å². The van der Waals surface area contributed by atoms with Crippen molar-refractivity contribution in [1.82, 2.24) is 9.80 Å². The van der Waals surface area contributed by atoms with Gasteiger partial charge in [-0.15, -0.1) is 11.8 Å². The SMILES string of the molecule is O=C(c1ccc([C@H]2SCC(=O)N2CCc2ccccc2)cc1)N1CCN(c2ccccc2F)CC1. The Balaban J connectivity index is 1.20. The third-order valence-electron chi connectivity index (χ3n) is 6.66. The predicted octanol–water partition coefficient (Wildman–Crippen LogP) is 4.60. The number of carbonyl (C=O) groups excluding carboxylic acids is 2. The number of para-hydroxylation sites is 1. The van der Waals surface area contributed by atoms with Crippen LogP contribution in [0.5, 0.6) is 0 Å². The number of benzene rings is 3. The number of hydrogen-bond donors (Lipinski definition) is 0. The summed E-state index contributed by atoms with van der Waals surface area (Å²) in [6.45, 7) is 2.97. The van der Waals surface area contributed by atoms with E-state index in [2.05, 4.69) is 12.1 Å². The van der Waals surface area contributed by atoms with E-state index < -0.39 is 0 Å². The molecule has 2 aliphatic heterocycles. The fraction of sp³-hybridized carbons (Fsp3) is 0.286. The zero-order valence-electron chi connectivity index (χ0n) is 19.5. The second-order valence-corrected chi connectivity index (χ2v) is 9.91. The van der Waals surface area contributed by atoms with E-state index in [9.17, 15) is 14.0 Å². The summed E-state index contributed by atoms with van der Waals surface area (Å²) in [6.07, 6.45) is 0.819. The molecule has 0 unspecified atom stereocenters. The first-order chi connectivity index (χ1) is 17.1. The molecule has 0 spiro atoms. The van der Waals surface area contributed by atoms with Crippen molar-refractivity contribution in [1.29, 1.82) is 0 Å². The summed E-state index contributed by atoms with van der Waals surface area (Å²) in [4.78, 5) is 31.4. The minimum atomic E-state index is -0.232. The molecule has 0 aromatic heterocycles. The van der Waals surface area contributed by atoms with Crippen LogP contribution in [-0.2, 0) is 11.2 Å². The number of anilines is 1. The maximum atomic E-state index is 14.1. The van der Waals surface area contributed by atoms with Crippen LogP contribution in [0.2, 0.25) is 0 Å². The number of amides is 2. The molecule has 2 saturated heterocycles. The van der Waals surface area contributed by atoms with Gasteiger partial charge < -0.3 is 14.7 Å². The molecule has 3 aromatic rings. The van der Waals surface area contributed by atoms with Crippen molar-refractivity contribution in [2.24, 2.45) is 0 Å². The van der Waals surface area contributed by atoms with Gasteiger partial charge in [-0.2, -0.15) is 0 Å². The molecule has 1 atom stereocenters. The monoisotopic (exact) mass is 489 g/mol. The van der Waals surface area contributed by atoms with Crippen LogP contribution in [-0.4, -0.2) is 60.1 Å². The Bertz CT molecular complexity index is 1180. The molecule has 2 heterocycles. The summed E-state index contributed by atoms with van der Waals surface area (Å²) in [5.41, 5.74) is 3.48. The van der Waals surface area contributed by atoms with Crippen molar-refractivity contribution in [2.75, 3.05) is 43.4 Å². The molecule has 35 heavy (non-hydrogen) atoms. The first-order valence-electron chi connectivity index (χ1n) is 11.9. The van der Waals surface area contributed by atoms with Gasteiger partial charge in [0.1, 0.15) is 11.2 Å². The van der Waals surface area contributed by atoms with Gasteiger partial charge in [0.2, 0.25) is 5.91 Å². The molecule has 5 rings (SSSR count). The van der Waals surface area contributed by atoms with Crippen LogP contribution in [0.3, 0.4) is 0 Å². The second kappa shape index (κ2) is 10.5. The highest BCUT2D eigenvalue weighted by atomic mass is 32.2. The molecule has 0 N–H and O–H groups in total. The lowest BCUT2D eigenvalue weighted by molar-refractivity contribution is -0.128. The highest BCUT2D eigenvalue weighted by molar-refractivity contribution is 8.00. The minimum absolute atomic E-state index is 0.0131. The zero-order valence-corrected chi connectivity index (χ0v) is 20.3. The third kappa shape index (κ3) is 5.20. The van der Waals surface area contributed by atoms with Crippen LogP contribution >= 0.6 is 11.8 Å². The summed E-state index contributed by atoms with van der Waals surface area (Å²) in [6, 6.07) is 24.6. The first-order valence-corrected chi connectivity index (χ1v) is 13.0. The number of carbonyl (C=O) groups is 2. The molecule has 2 aliphatic rings. The quantitative estimate of drug-likeness (QED) is 0.508. The third-order valence-corrected chi connectivity index (χ3v) is 7.91. The minimum Gasteiger partial charge on any atom is -0.366 e. The topological polar surface area (TPSA) is 43.9 Å². The van der Waals surface area contributed by atoms with Gasteiger partial charge in [0.25, 0.3) is 5.91 Å². The van der Waals surface area contributed by atoms with Gasteiger partial charge in [0, 0.05) is 38.3 Å². The van der Waals surface area contributed by atoms with Crippen molar-refractivity contribution >= 4 is 29.3 Å². The molecule has 3 aromatic carbocycles. The lowest BCUT2D eigenvalue weighted by Gasteiger charge is -2.36. The molecule has 0 aliphatic carbocycles. The summed E-state index contributed by atoms with van der Waals surface area (Å²) >= 11 is 1.63. The molecular weight excluding hydrogens is 461 g/mol. The Morgan fingerprint density at radius 2 is 1.57 bits per heavy atom. The maximum absolute atomic E-state index is 14.1. The smallest absolute Gasteiger partial charge is 0.253 e. The second-order valence-electron chi connectivity index (χ2n) is 8.84. The molecule has 2 amide bonds. The highest BCUT2D eigenvalue weighted by Gasteiger charge is 2.32. The van der Waals surface area contributed by atoms with Gasteiger partial charge in [-0.1, -0.05) is 54.6 Å². The molecule has 180 valence electrons. The van der Waals surface area contributed by atoms with Gasteiger partial charge in [0.05, 0.1) is 11.4 Å². The van der Waals surface area contributed by atoms with E-state index in [-0.39, 0.29) is 23.0 Å². The summed E-state index contributed by atoms with van der Waals surface area (Å²) in [5.74, 6) is 0.389. The summed E-state index contributed by atoms with van der Waals surface area (Å²) < 4.78 is 14.1. The van der Waals surface area contributed by atoms with E-state index in [1.807, 2.05) is 63.2 Å². The number of nitrogens with zero attached hydrogens (tertiary/aromatic N) is 3. The van der Waals surface area contributed by atoms with E-state index in [1.54, 1.807) is 23.9 Å². The van der Waals surface area contributed by atoms with Gasteiger partial charge in [0.15, 0.2) is 0 Å². The van der Waals surface area contributed by atoms with E-state index >= 15 is 0 Å². The molecule has 2 fully saturated rings. The van der Waals surface area contributed by atoms with E-state index in [1.165, 1.54) is 11.6 Å². The standard InChI is InChI=1S/C28H28FN3O2S/c29-24-8-4-5-9-25(24)30-16-18-31(19-17-30)27(34)22-10-12-23(13-11-22)28-32(26(33)20-35-28)15-14-21-6-2-1-3-7-21/h1-13,28H,14-20H2/t28-/m1/s1. The lowest BCUT2D eigenvalue weighted by atomic mass is 10.1. The average Bonchev–Trinajstić information content (AvgIpc) is 3.28. The average molecular weight is 490 g/mol. The number of rotatable bonds is 6. The summed E-state index contributed by atoms with van der Waals surface area (Å²) in [7, 11) is 0. The molecular formula is C28H28FN3O2S. The molecule has 0 radical (unpaired) electrons. The van der Waals surface area contributed by atoms with Crippen molar-refractivity contribution < 1.29 is 14.0 Å². The number of thioether (sulfide) groups is 1. The van der Waals surface area contributed by atoms with E-state index in [0.717, 1.165) is 12.0 Å². The van der Waals surface area contributed by atoms with Gasteiger partial charge >= 0.3 is 0 Å². The van der Waals surface area contributed by atoms with Crippen molar-refractivity contribution in [2.45, 2.75) is 11.8 Å². The molecule has 0 saturated carbocycles. The van der Waals surface area contributed by atoms with E-state index in [4.69, 9.17) is 0 Å². The summed E-state index contributed by atoms with van der Waals surface area (Å²) in [5, 5.41) is -0.0281. The van der Waals surface area contributed by atoms with Gasteiger partial charge in [-0.25, -0.2) is 4.39 Å². The van der Waals surface area contributed by atoms with Crippen LogP contribution in [0, 0.1) is 5.82 Å². The fourth-order valence-electron chi connectivity index (χ4n) is 4.70. The van der Waals surface area contributed by atoms with Gasteiger partial charge in [-0.05, 0) is 41.8 Å². The normalized spacial score (nSPS) is 18.3. The van der Waals surface area contributed by atoms with Crippen LogP contribution in [0.25, 0.3) is 0 Å². The Morgan fingerprint density at radius 1 is 0.886 bits per heavy atom. The number of hydrogen-bond acceptors (Lipinski definition) is 4. The lowest BCUT2D eigenvalue weighted by Crippen LogP contribution is -2.49. The van der Waals surface area contributed by atoms with Crippen LogP contribution in [0.1, 0.15) is 26.9 Å². The highest BCUT2D eigenvalue weighted by Crippen LogP contribution is 2.38. The maximum Gasteiger partial charge on any atom is 0.253 e. The Kier molecular flexibility index (Phi) is 7.04. The number of halogens is 1. The van der Waals surface area contributed by atoms with Crippen LogP contribution < -0.4 is 4.90 Å². The number of piperazine rings is 1. The Hall–Kier alpha value is -3.32. The Labute approximate surface area is 209 Å². The van der Waals surface area contributed by atoms with Gasteiger partial charge in [-0.3, -0.25) is 9.59 Å². The largest absolute Gasteiger partial charge is 0.366 e. The first kappa shape index (κ1) is 23.4. The molecule has 5 nitrogen and oxygen atoms in total. The van der Waals surface area contributed by atoms with Crippen molar-refractivity contribution in [3.63, 3.8) is 0 Å². The van der Waals surface area contributed by atoms with Crippen molar-refractivity contribution in [3.05, 3.63) is 101 Å². The Morgan fingerprint density at radius 3 is 2.29 bits per heavy atom. The molecule has 0 bridgehead atoms. The van der Waals surface area contributed by atoms with Crippen LogP contribution in [0.15, 0.2) is 78.9 Å². The van der Waals surface area contributed by atoms with E-state index in [0.29, 0.717) is 49.7 Å². The predicted molar refractivity (Wildman–Crippen MR) is 138 cm³/mol. The molecule has 7 heteroatoms. The zero-order chi connectivity index (χ0) is 24.2.